The molecule has 0 aliphatic carbocycles. The van der Waals surface area contributed by atoms with Crippen LogP contribution in [0.15, 0.2) is 30.5 Å². The number of pyridine rings is 1. The highest BCUT2D eigenvalue weighted by atomic mass is 32.2. The molecule has 0 saturated heterocycles. The summed E-state index contributed by atoms with van der Waals surface area (Å²) >= 11 is 0. The van der Waals surface area contributed by atoms with Crippen molar-refractivity contribution in [2.45, 2.75) is 0 Å². The number of fused-ring (bicyclic) bond motifs is 1. The van der Waals surface area contributed by atoms with Crippen LogP contribution >= 0.6 is 0 Å². The molecule has 0 radical (unpaired) electrons. The number of hydrogen-bond donors (Lipinski definition) is 1. The fourth-order valence-electron chi connectivity index (χ4n) is 1.79. The highest BCUT2D eigenvalue weighted by Gasteiger charge is 2.14. The third-order valence-electron chi connectivity index (χ3n) is 2.65. The molecular formula is C12H13N3O3S. The van der Waals surface area contributed by atoms with Gasteiger partial charge in [-0.2, -0.15) is 0 Å². The predicted molar refractivity (Wildman–Crippen MR) is 75.8 cm³/mol. The molecule has 0 aliphatic heterocycles. The number of rotatable bonds is 5. The summed E-state index contributed by atoms with van der Waals surface area (Å²) in [5, 5.41) is 14.5. The second kappa shape index (κ2) is 5.75. The van der Waals surface area contributed by atoms with Crippen molar-refractivity contribution in [3.63, 3.8) is 0 Å². The first-order valence-electron chi connectivity index (χ1n) is 5.65. The zero-order chi connectivity index (χ0) is 13.8. The highest BCUT2D eigenvalue weighted by Crippen LogP contribution is 2.29. The standard InChI is InChI=1S/C12H13N3O3S/c1-19(18)8-7-13-10-4-5-11(15(16)17)9-3-2-6-14-12(9)10/h2-6,13H,7-8H2,1H3. The largest absolute Gasteiger partial charge is 0.382 e. The van der Waals surface area contributed by atoms with E-state index < -0.39 is 15.7 Å². The van der Waals surface area contributed by atoms with Crippen LogP contribution in [0.5, 0.6) is 0 Å². The molecule has 1 aromatic carbocycles. The van der Waals surface area contributed by atoms with Crippen molar-refractivity contribution in [2.24, 2.45) is 0 Å². The molecule has 0 fully saturated rings. The molecule has 2 rings (SSSR count). The third kappa shape index (κ3) is 3.05. The first-order chi connectivity index (χ1) is 9.09. The van der Waals surface area contributed by atoms with Gasteiger partial charge in [0, 0.05) is 41.6 Å². The van der Waals surface area contributed by atoms with Gasteiger partial charge in [-0.1, -0.05) is 0 Å². The van der Waals surface area contributed by atoms with E-state index in [-0.39, 0.29) is 5.69 Å². The van der Waals surface area contributed by atoms with Crippen LogP contribution in [0.1, 0.15) is 0 Å². The van der Waals surface area contributed by atoms with Crippen molar-refractivity contribution < 1.29 is 9.13 Å². The van der Waals surface area contributed by atoms with E-state index >= 15 is 0 Å². The second-order valence-corrected chi connectivity index (χ2v) is 5.55. The molecule has 1 aromatic heterocycles. The Morgan fingerprint density at radius 1 is 1.42 bits per heavy atom. The minimum absolute atomic E-state index is 0.0349. The molecule has 7 heteroatoms. The van der Waals surface area contributed by atoms with E-state index in [1.54, 1.807) is 30.7 Å². The van der Waals surface area contributed by atoms with Gasteiger partial charge in [-0.15, -0.1) is 0 Å². The number of benzene rings is 1. The topological polar surface area (TPSA) is 85.1 Å². The lowest BCUT2D eigenvalue weighted by Gasteiger charge is -2.08. The molecule has 0 saturated carbocycles. The Labute approximate surface area is 112 Å². The summed E-state index contributed by atoms with van der Waals surface area (Å²) in [6.07, 6.45) is 3.23. The van der Waals surface area contributed by atoms with Crippen molar-refractivity contribution in [3.05, 3.63) is 40.6 Å². The number of hydrogen-bond acceptors (Lipinski definition) is 5. The quantitative estimate of drug-likeness (QED) is 0.667. The van der Waals surface area contributed by atoms with Gasteiger partial charge in [-0.05, 0) is 18.2 Å². The summed E-state index contributed by atoms with van der Waals surface area (Å²) in [4.78, 5) is 14.7. The normalized spacial score (nSPS) is 12.3. The van der Waals surface area contributed by atoms with Gasteiger partial charge in [0.1, 0.15) is 5.52 Å². The number of nitro groups is 1. The Hall–Kier alpha value is -2.02. The number of aromatic nitrogens is 1. The van der Waals surface area contributed by atoms with Crippen LogP contribution in [0.2, 0.25) is 0 Å². The molecule has 0 amide bonds. The van der Waals surface area contributed by atoms with Crippen molar-refractivity contribution >= 4 is 33.1 Å². The first kappa shape index (κ1) is 13.4. The number of nitro benzene ring substituents is 1. The first-order valence-corrected chi connectivity index (χ1v) is 7.38. The van der Waals surface area contributed by atoms with Gasteiger partial charge in [0.15, 0.2) is 0 Å². The molecule has 1 atom stereocenters. The summed E-state index contributed by atoms with van der Waals surface area (Å²) in [5.74, 6) is 0.519. The summed E-state index contributed by atoms with van der Waals surface area (Å²) in [6.45, 7) is 0.534. The lowest BCUT2D eigenvalue weighted by atomic mass is 10.1. The average Bonchev–Trinajstić information content (AvgIpc) is 2.38. The Morgan fingerprint density at radius 2 is 2.21 bits per heavy atom. The van der Waals surface area contributed by atoms with E-state index in [0.717, 1.165) is 0 Å². The van der Waals surface area contributed by atoms with Crippen LogP contribution in [-0.4, -0.2) is 32.7 Å². The van der Waals surface area contributed by atoms with Gasteiger partial charge < -0.3 is 5.32 Å². The average molecular weight is 279 g/mol. The fraction of sp³-hybridized carbons (Fsp3) is 0.250. The van der Waals surface area contributed by atoms with Gasteiger partial charge in [0.05, 0.1) is 16.0 Å². The summed E-state index contributed by atoms with van der Waals surface area (Å²) in [7, 11) is -0.876. The van der Waals surface area contributed by atoms with Crippen LogP contribution in [-0.2, 0) is 10.8 Å². The monoisotopic (exact) mass is 279 g/mol. The van der Waals surface area contributed by atoms with Gasteiger partial charge in [0.2, 0.25) is 0 Å². The fourth-order valence-corrected chi connectivity index (χ4v) is 2.18. The Balaban J connectivity index is 2.38. The summed E-state index contributed by atoms with van der Waals surface area (Å²) < 4.78 is 11.0. The number of nitrogens with one attached hydrogen (secondary N) is 1. The van der Waals surface area contributed by atoms with Crippen molar-refractivity contribution in [2.75, 3.05) is 23.9 Å². The Kier molecular flexibility index (Phi) is 4.06. The van der Waals surface area contributed by atoms with Crippen LogP contribution < -0.4 is 5.32 Å². The van der Waals surface area contributed by atoms with Crippen LogP contribution in [0, 0.1) is 10.1 Å². The molecule has 100 valence electrons. The maximum Gasteiger partial charge on any atom is 0.278 e. The lowest BCUT2D eigenvalue weighted by Crippen LogP contribution is -2.10. The van der Waals surface area contributed by atoms with E-state index in [0.29, 0.717) is 28.9 Å². The molecular weight excluding hydrogens is 266 g/mol. The van der Waals surface area contributed by atoms with Gasteiger partial charge in [-0.25, -0.2) is 0 Å². The Morgan fingerprint density at radius 3 is 2.89 bits per heavy atom. The van der Waals surface area contributed by atoms with E-state index in [9.17, 15) is 14.3 Å². The second-order valence-electron chi connectivity index (χ2n) is 3.99. The smallest absolute Gasteiger partial charge is 0.278 e. The zero-order valence-corrected chi connectivity index (χ0v) is 11.1. The SMILES string of the molecule is CS(=O)CCNc1ccc([N+](=O)[O-])c2cccnc12. The maximum atomic E-state index is 11.0. The van der Waals surface area contributed by atoms with Crippen LogP contribution in [0.3, 0.4) is 0 Å². The zero-order valence-electron chi connectivity index (χ0n) is 10.3. The van der Waals surface area contributed by atoms with Gasteiger partial charge in [-0.3, -0.25) is 19.3 Å². The van der Waals surface area contributed by atoms with Crippen molar-refractivity contribution in [1.82, 2.24) is 4.98 Å². The van der Waals surface area contributed by atoms with E-state index in [4.69, 9.17) is 0 Å². The lowest BCUT2D eigenvalue weighted by molar-refractivity contribution is -0.383. The molecule has 19 heavy (non-hydrogen) atoms. The number of non-ortho nitro benzene ring substituents is 1. The molecule has 1 heterocycles. The molecule has 6 nitrogen and oxygen atoms in total. The molecule has 2 aromatic rings. The molecule has 1 unspecified atom stereocenters. The van der Waals surface area contributed by atoms with Gasteiger partial charge in [0.25, 0.3) is 5.69 Å². The number of nitrogens with zero attached hydrogens (tertiary/aromatic N) is 2. The molecule has 0 spiro atoms. The van der Waals surface area contributed by atoms with E-state index in [2.05, 4.69) is 10.3 Å². The Bertz CT molecular complexity index is 645. The molecule has 0 bridgehead atoms. The van der Waals surface area contributed by atoms with E-state index in [1.165, 1.54) is 6.07 Å². The third-order valence-corrected chi connectivity index (χ3v) is 3.43. The summed E-state index contributed by atoms with van der Waals surface area (Å²) in [5.41, 5.74) is 1.30. The van der Waals surface area contributed by atoms with E-state index in [1.807, 2.05) is 0 Å². The minimum atomic E-state index is -0.876. The summed E-state index contributed by atoms with van der Waals surface area (Å²) in [6, 6.07) is 6.42. The van der Waals surface area contributed by atoms with Crippen molar-refractivity contribution in [3.8, 4) is 0 Å². The molecule has 0 aliphatic rings. The molecule has 1 N–H and O–H groups in total. The van der Waals surface area contributed by atoms with Crippen LogP contribution in [0.25, 0.3) is 10.9 Å². The van der Waals surface area contributed by atoms with Crippen LogP contribution in [0.4, 0.5) is 11.4 Å². The minimum Gasteiger partial charge on any atom is -0.382 e. The number of anilines is 1. The maximum absolute atomic E-state index is 11.0. The predicted octanol–water partition coefficient (Wildman–Crippen LogP) is 1.93. The van der Waals surface area contributed by atoms with Crippen molar-refractivity contribution in [1.29, 1.82) is 0 Å². The van der Waals surface area contributed by atoms with Gasteiger partial charge >= 0.3 is 0 Å². The highest BCUT2D eigenvalue weighted by molar-refractivity contribution is 7.84.